The SMILES string of the molecule is CCC[C@@H](NC(=O)COC(=O)c1ccc(NC(=O)c2ccco2)cc1)c1ccccc1. The highest BCUT2D eigenvalue weighted by Gasteiger charge is 2.16. The van der Waals surface area contributed by atoms with Crippen LogP contribution in [0.3, 0.4) is 0 Å². The molecule has 1 aromatic heterocycles. The predicted octanol–water partition coefficient (Wildman–Crippen LogP) is 4.35. The van der Waals surface area contributed by atoms with Gasteiger partial charge < -0.3 is 19.8 Å². The first kappa shape index (κ1) is 21.8. The lowest BCUT2D eigenvalue weighted by Gasteiger charge is -2.18. The number of esters is 1. The Morgan fingerprint density at radius 2 is 1.71 bits per heavy atom. The van der Waals surface area contributed by atoms with Crippen molar-refractivity contribution in [1.29, 1.82) is 0 Å². The van der Waals surface area contributed by atoms with Crippen LogP contribution in [0.15, 0.2) is 77.4 Å². The molecule has 1 atom stereocenters. The van der Waals surface area contributed by atoms with E-state index in [9.17, 15) is 14.4 Å². The molecular formula is C24H24N2O5. The highest BCUT2D eigenvalue weighted by molar-refractivity contribution is 6.02. The number of ether oxygens (including phenoxy) is 1. The number of anilines is 1. The number of furan rings is 1. The molecule has 1 heterocycles. The van der Waals surface area contributed by atoms with Gasteiger partial charge in [0.05, 0.1) is 17.9 Å². The Bertz CT molecular complexity index is 998. The maximum absolute atomic E-state index is 12.3. The Labute approximate surface area is 180 Å². The van der Waals surface area contributed by atoms with Gasteiger partial charge in [-0.2, -0.15) is 0 Å². The molecule has 0 unspecified atom stereocenters. The first-order chi connectivity index (χ1) is 15.1. The quantitative estimate of drug-likeness (QED) is 0.502. The van der Waals surface area contributed by atoms with Crippen LogP contribution in [0.1, 0.15) is 52.3 Å². The van der Waals surface area contributed by atoms with Gasteiger partial charge in [-0.3, -0.25) is 9.59 Å². The minimum absolute atomic E-state index is 0.130. The number of carbonyl (C=O) groups excluding carboxylic acids is 3. The molecule has 0 saturated carbocycles. The number of carbonyl (C=O) groups is 3. The van der Waals surface area contributed by atoms with Crippen molar-refractivity contribution < 1.29 is 23.5 Å². The van der Waals surface area contributed by atoms with E-state index >= 15 is 0 Å². The fourth-order valence-electron chi connectivity index (χ4n) is 3.04. The van der Waals surface area contributed by atoms with Gasteiger partial charge in [0, 0.05) is 5.69 Å². The molecule has 3 rings (SSSR count). The molecule has 2 N–H and O–H groups in total. The van der Waals surface area contributed by atoms with Crippen molar-refractivity contribution in [2.45, 2.75) is 25.8 Å². The second kappa shape index (κ2) is 10.8. The van der Waals surface area contributed by atoms with E-state index < -0.39 is 11.9 Å². The summed E-state index contributed by atoms with van der Waals surface area (Å²) in [6.45, 7) is 1.67. The molecular weight excluding hydrogens is 396 g/mol. The van der Waals surface area contributed by atoms with E-state index in [4.69, 9.17) is 9.15 Å². The Morgan fingerprint density at radius 3 is 2.35 bits per heavy atom. The predicted molar refractivity (Wildman–Crippen MR) is 116 cm³/mol. The van der Waals surface area contributed by atoms with Gasteiger partial charge in [-0.15, -0.1) is 0 Å². The van der Waals surface area contributed by atoms with Crippen molar-refractivity contribution >= 4 is 23.5 Å². The smallest absolute Gasteiger partial charge is 0.338 e. The van der Waals surface area contributed by atoms with E-state index in [2.05, 4.69) is 10.6 Å². The lowest BCUT2D eigenvalue weighted by Crippen LogP contribution is -2.32. The molecule has 2 aromatic carbocycles. The van der Waals surface area contributed by atoms with Gasteiger partial charge in [0.25, 0.3) is 11.8 Å². The van der Waals surface area contributed by atoms with E-state index in [-0.39, 0.29) is 29.9 Å². The summed E-state index contributed by atoms with van der Waals surface area (Å²) in [4.78, 5) is 36.5. The third-order valence-corrected chi connectivity index (χ3v) is 4.57. The van der Waals surface area contributed by atoms with Crippen LogP contribution in [0.5, 0.6) is 0 Å². The topological polar surface area (TPSA) is 97.6 Å². The number of benzene rings is 2. The Balaban J connectivity index is 1.50. The minimum atomic E-state index is -0.620. The lowest BCUT2D eigenvalue weighted by atomic mass is 10.0. The van der Waals surface area contributed by atoms with Gasteiger partial charge >= 0.3 is 5.97 Å². The summed E-state index contributed by atoms with van der Waals surface area (Å²) < 4.78 is 10.2. The third-order valence-electron chi connectivity index (χ3n) is 4.57. The van der Waals surface area contributed by atoms with E-state index in [0.29, 0.717) is 5.69 Å². The van der Waals surface area contributed by atoms with Crippen molar-refractivity contribution in [1.82, 2.24) is 5.32 Å². The van der Waals surface area contributed by atoms with Crippen molar-refractivity contribution in [2.75, 3.05) is 11.9 Å². The van der Waals surface area contributed by atoms with Gasteiger partial charge in [-0.05, 0) is 48.4 Å². The molecule has 2 amide bonds. The summed E-state index contributed by atoms with van der Waals surface area (Å²) >= 11 is 0. The zero-order valence-corrected chi connectivity index (χ0v) is 17.2. The number of hydrogen-bond donors (Lipinski definition) is 2. The zero-order chi connectivity index (χ0) is 22.1. The zero-order valence-electron chi connectivity index (χ0n) is 17.2. The highest BCUT2D eigenvalue weighted by Crippen LogP contribution is 2.18. The van der Waals surface area contributed by atoms with Crippen molar-refractivity contribution in [3.05, 3.63) is 89.9 Å². The first-order valence-corrected chi connectivity index (χ1v) is 10.0. The fraction of sp³-hybridized carbons (Fsp3) is 0.208. The molecule has 0 saturated heterocycles. The molecule has 0 fully saturated rings. The molecule has 31 heavy (non-hydrogen) atoms. The fourth-order valence-corrected chi connectivity index (χ4v) is 3.04. The lowest BCUT2D eigenvalue weighted by molar-refractivity contribution is -0.125. The highest BCUT2D eigenvalue weighted by atomic mass is 16.5. The van der Waals surface area contributed by atoms with Crippen LogP contribution in [0.25, 0.3) is 0 Å². The average molecular weight is 420 g/mol. The summed E-state index contributed by atoms with van der Waals surface area (Å²) in [6.07, 6.45) is 3.10. The van der Waals surface area contributed by atoms with Gasteiger partial charge in [0.1, 0.15) is 0 Å². The van der Waals surface area contributed by atoms with E-state index in [1.54, 1.807) is 24.3 Å². The first-order valence-electron chi connectivity index (χ1n) is 10.0. The molecule has 0 spiro atoms. The normalized spacial score (nSPS) is 11.4. The maximum atomic E-state index is 12.3. The Morgan fingerprint density at radius 1 is 0.968 bits per heavy atom. The number of rotatable bonds is 9. The average Bonchev–Trinajstić information content (AvgIpc) is 3.33. The van der Waals surface area contributed by atoms with E-state index in [0.717, 1.165) is 18.4 Å². The second-order valence-electron chi connectivity index (χ2n) is 6.90. The van der Waals surface area contributed by atoms with Crippen molar-refractivity contribution in [3.63, 3.8) is 0 Å². The molecule has 0 aliphatic heterocycles. The molecule has 7 nitrogen and oxygen atoms in total. The molecule has 0 aliphatic carbocycles. The molecule has 0 radical (unpaired) electrons. The van der Waals surface area contributed by atoms with Crippen LogP contribution in [0.2, 0.25) is 0 Å². The number of nitrogens with one attached hydrogen (secondary N) is 2. The maximum Gasteiger partial charge on any atom is 0.338 e. The van der Waals surface area contributed by atoms with Crippen LogP contribution in [0.4, 0.5) is 5.69 Å². The van der Waals surface area contributed by atoms with Crippen LogP contribution < -0.4 is 10.6 Å². The summed E-state index contributed by atoms with van der Waals surface area (Å²) in [5.74, 6) is -1.19. The van der Waals surface area contributed by atoms with Gasteiger partial charge in [0.15, 0.2) is 12.4 Å². The molecule has 0 aliphatic rings. The summed E-state index contributed by atoms with van der Waals surface area (Å²) in [7, 11) is 0. The van der Waals surface area contributed by atoms with Crippen LogP contribution in [0, 0.1) is 0 Å². The molecule has 160 valence electrons. The van der Waals surface area contributed by atoms with Crippen LogP contribution in [-0.4, -0.2) is 24.4 Å². The minimum Gasteiger partial charge on any atom is -0.459 e. The second-order valence-corrected chi connectivity index (χ2v) is 6.90. The molecule has 3 aromatic rings. The van der Waals surface area contributed by atoms with Gasteiger partial charge in [-0.25, -0.2) is 4.79 Å². The van der Waals surface area contributed by atoms with Crippen molar-refractivity contribution in [2.24, 2.45) is 0 Å². The Kier molecular flexibility index (Phi) is 7.59. The van der Waals surface area contributed by atoms with E-state index in [1.807, 2.05) is 37.3 Å². The third kappa shape index (κ3) is 6.30. The van der Waals surface area contributed by atoms with Crippen LogP contribution >= 0.6 is 0 Å². The summed E-state index contributed by atoms with van der Waals surface area (Å²) in [5, 5.41) is 5.57. The Hall–Kier alpha value is -3.87. The largest absolute Gasteiger partial charge is 0.459 e. The van der Waals surface area contributed by atoms with Crippen molar-refractivity contribution in [3.8, 4) is 0 Å². The summed E-state index contributed by atoms with van der Waals surface area (Å²) in [5.41, 5.74) is 1.79. The van der Waals surface area contributed by atoms with Crippen LogP contribution in [-0.2, 0) is 9.53 Å². The van der Waals surface area contributed by atoms with E-state index in [1.165, 1.54) is 18.4 Å². The van der Waals surface area contributed by atoms with Gasteiger partial charge in [0.2, 0.25) is 0 Å². The standard InChI is InChI=1S/C24H24N2O5/c1-2-7-20(17-8-4-3-5-9-17)26-22(27)16-31-24(29)18-11-13-19(14-12-18)25-23(28)21-10-6-15-30-21/h3-6,8-15,20H,2,7,16H2,1H3,(H,25,28)(H,26,27)/t20-/m1/s1. The number of hydrogen-bond acceptors (Lipinski definition) is 5. The molecule has 0 bridgehead atoms. The summed E-state index contributed by atoms with van der Waals surface area (Å²) in [6, 6.07) is 18.9. The van der Waals surface area contributed by atoms with Gasteiger partial charge in [-0.1, -0.05) is 43.7 Å². The molecule has 7 heteroatoms. The monoisotopic (exact) mass is 420 g/mol. The number of amides is 2.